The molecule has 0 N–H and O–H groups in total. The lowest BCUT2D eigenvalue weighted by molar-refractivity contribution is 0.833. The van der Waals surface area contributed by atoms with Gasteiger partial charge in [0.25, 0.3) is 0 Å². The summed E-state index contributed by atoms with van der Waals surface area (Å²) in [4.78, 5) is 9.95. The van der Waals surface area contributed by atoms with Crippen molar-refractivity contribution in [3.63, 3.8) is 0 Å². The Kier molecular flexibility index (Phi) is 5.06. The van der Waals surface area contributed by atoms with Gasteiger partial charge in [0.05, 0.1) is 16.9 Å². The molecule has 1 atom stereocenters. The van der Waals surface area contributed by atoms with Gasteiger partial charge in [-0.3, -0.25) is 4.98 Å². The predicted octanol–water partition coefficient (Wildman–Crippen LogP) is 9.75. The van der Waals surface area contributed by atoms with Crippen LogP contribution in [0, 0.1) is 5.92 Å². The molecular formula is C40H26N2. The lowest BCUT2D eigenvalue weighted by Crippen LogP contribution is -2.21. The maximum atomic E-state index is 5.03. The van der Waals surface area contributed by atoms with E-state index in [0.29, 0.717) is 5.92 Å². The summed E-state index contributed by atoms with van der Waals surface area (Å²) in [5.41, 5.74) is 14.6. The molecule has 0 bridgehead atoms. The quantitative estimate of drug-likeness (QED) is 0.215. The number of fused-ring (bicyclic) bond motifs is 3. The fraction of sp³-hybridized carbons (Fsp3) is 0.0500. The molecule has 3 aromatic carbocycles. The summed E-state index contributed by atoms with van der Waals surface area (Å²) in [5.74, 6) is 0.360. The minimum Gasteiger partial charge on any atom is -0.254 e. The topological polar surface area (TPSA) is 25.8 Å². The van der Waals surface area contributed by atoms with Crippen LogP contribution in [0.15, 0.2) is 168 Å². The Labute approximate surface area is 244 Å². The second kappa shape index (κ2) is 9.09. The van der Waals surface area contributed by atoms with Gasteiger partial charge in [0, 0.05) is 28.5 Å². The second-order valence-corrected chi connectivity index (χ2v) is 11.4. The van der Waals surface area contributed by atoms with E-state index in [1.165, 1.54) is 49.8 Å². The summed E-state index contributed by atoms with van der Waals surface area (Å²) in [5, 5.41) is 3.49. The molecule has 0 saturated carbocycles. The molecule has 0 spiro atoms. The van der Waals surface area contributed by atoms with E-state index in [0.717, 1.165) is 39.8 Å². The molecule has 0 amide bonds. The third kappa shape index (κ3) is 3.59. The molecule has 42 heavy (non-hydrogen) atoms. The van der Waals surface area contributed by atoms with Gasteiger partial charge in [0.15, 0.2) is 0 Å². The molecule has 0 radical (unpaired) electrons. The van der Waals surface area contributed by atoms with Crippen molar-refractivity contribution in [3.05, 3.63) is 173 Å². The smallest absolute Gasteiger partial charge is 0.0972 e. The van der Waals surface area contributed by atoms with Crippen LogP contribution in [-0.2, 0) is 0 Å². The van der Waals surface area contributed by atoms with Crippen molar-refractivity contribution in [3.8, 4) is 22.5 Å². The Bertz CT molecular complexity index is 2200. The monoisotopic (exact) mass is 534 g/mol. The zero-order valence-corrected chi connectivity index (χ0v) is 23.0. The highest BCUT2D eigenvalue weighted by molar-refractivity contribution is 6.10. The van der Waals surface area contributed by atoms with E-state index < -0.39 is 0 Å². The van der Waals surface area contributed by atoms with Gasteiger partial charge >= 0.3 is 0 Å². The van der Waals surface area contributed by atoms with Crippen LogP contribution in [0.5, 0.6) is 0 Å². The zero-order valence-electron chi connectivity index (χ0n) is 23.0. The minimum atomic E-state index is 0.360. The largest absolute Gasteiger partial charge is 0.254 e. The number of nitrogens with zero attached hydrogens (tertiary/aromatic N) is 2. The van der Waals surface area contributed by atoms with E-state index in [1.54, 1.807) is 0 Å². The first kappa shape index (κ1) is 23.4. The van der Waals surface area contributed by atoms with Crippen LogP contribution in [0.4, 0.5) is 0 Å². The van der Waals surface area contributed by atoms with Crippen molar-refractivity contribution in [2.75, 3.05) is 0 Å². The van der Waals surface area contributed by atoms with Gasteiger partial charge in [-0.2, -0.15) is 0 Å². The van der Waals surface area contributed by atoms with Crippen molar-refractivity contribution in [2.45, 2.75) is 6.42 Å². The lowest BCUT2D eigenvalue weighted by atomic mass is 9.68. The number of para-hydroxylation sites is 1. The molecule has 5 aromatic rings. The Morgan fingerprint density at radius 1 is 0.643 bits per heavy atom. The number of hydrogen-bond donors (Lipinski definition) is 0. The summed E-state index contributed by atoms with van der Waals surface area (Å²) in [6.07, 6.45) is 21.5. The molecular weight excluding hydrogens is 508 g/mol. The summed E-state index contributed by atoms with van der Waals surface area (Å²) in [6.45, 7) is 0. The van der Waals surface area contributed by atoms with E-state index in [1.807, 2.05) is 12.3 Å². The fourth-order valence-electron chi connectivity index (χ4n) is 6.97. The number of rotatable bonds is 3. The summed E-state index contributed by atoms with van der Waals surface area (Å²) in [7, 11) is 0. The van der Waals surface area contributed by atoms with Gasteiger partial charge in [-0.15, -0.1) is 0 Å². The molecule has 4 aliphatic carbocycles. The maximum absolute atomic E-state index is 5.03. The number of pyridine rings is 2. The van der Waals surface area contributed by atoms with Crippen LogP contribution in [0.1, 0.15) is 12.0 Å². The fourth-order valence-corrected chi connectivity index (χ4v) is 6.97. The highest BCUT2D eigenvalue weighted by Crippen LogP contribution is 2.48. The summed E-state index contributed by atoms with van der Waals surface area (Å²) in [6, 6.07) is 29.9. The van der Waals surface area contributed by atoms with Crippen molar-refractivity contribution in [1.82, 2.24) is 9.97 Å². The molecule has 196 valence electrons. The molecule has 1 unspecified atom stereocenters. The van der Waals surface area contributed by atoms with Gasteiger partial charge in [-0.1, -0.05) is 115 Å². The molecule has 2 heteroatoms. The third-order valence-electron chi connectivity index (χ3n) is 8.97. The van der Waals surface area contributed by atoms with E-state index in [4.69, 9.17) is 9.97 Å². The standard InChI is InChI=1S/C40H26N2/c1-2-13-35-33(11-1)34-12-3-4-14-36(34)42-40(35)37-20-19-31(24-41-37)27-9-6-10-28(21-27)32-22-29-17-15-25-7-5-8-26-16-18-30(23-32)39(29)38(25)26/h1-7,9-24,39H,8H2. The first-order valence-corrected chi connectivity index (χ1v) is 14.6. The van der Waals surface area contributed by atoms with Crippen molar-refractivity contribution in [2.24, 2.45) is 5.92 Å². The number of benzene rings is 3. The predicted molar refractivity (Wildman–Crippen MR) is 174 cm³/mol. The Hall–Kier alpha value is -5.34. The molecule has 2 aromatic heterocycles. The number of hydrogen-bond acceptors (Lipinski definition) is 2. The number of allylic oxidation sites excluding steroid dienone is 14. The first-order chi connectivity index (χ1) is 20.8. The first-order valence-electron chi connectivity index (χ1n) is 14.6. The molecule has 0 saturated heterocycles. The third-order valence-corrected chi connectivity index (χ3v) is 8.97. The van der Waals surface area contributed by atoms with Gasteiger partial charge in [-0.05, 0) is 74.6 Å². The van der Waals surface area contributed by atoms with E-state index in [2.05, 4.69) is 127 Å². The van der Waals surface area contributed by atoms with Crippen molar-refractivity contribution in [1.29, 1.82) is 0 Å². The average Bonchev–Trinajstić information content (AvgIpc) is 3.07. The normalized spacial score (nSPS) is 18.4. The van der Waals surface area contributed by atoms with Crippen LogP contribution in [0.2, 0.25) is 0 Å². The number of aromatic nitrogens is 2. The average molecular weight is 535 g/mol. The molecule has 2 heterocycles. The van der Waals surface area contributed by atoms with Crippen molar-refractivity contribution >= 4 is 27.2 Å². The van der Waals surface area contributed by atoms with Crippen LogP contribution < -0.4 is 0 Å². The second-order valence-electron chi connectivity index (χ2n) is 11.4. The minimum absolute atomic E-state index is 0.360. The summed E-state index contributed by atoms with van der Waals surface area (Å²) < 4.78 is 0. The Morgan fingerprint density at radius 3 is 2.40 bits per heavy atom. The van der Waals surface area contributed by atoms with Crippen LogP contribution in [-0.4, -0.2) is 9.97 Å². The van der Waals surface area contributed by atoms with E-state index >= 15 is 0 Å². The van der Waals surface area contributed by atoms with Crippen molar-refractivity contribution < 1.29 is 0 Å². The Balaban J connectivity index is 1.08. The van der Waals surface area contributed by atoms with Gasteiger partial charge < -0.3 is 0 Å². The van der Waals surface area contributed by atoms with E-state index in [-0.39, 0.29) is 0 Å². The van der Waals surface area contributed by atoms with Crippen LogP contribution in [0.3, 0.4) is 0 Å². The van der Waals surface area contributed by atoms with Crippen LogP contribution >= 0.6 is 0 Å². The molecule has 4 aliphatic rings. The maximum Gasteiger partial charge on any atom is 0.0972 e. The highest BCUT2D eigenvalue weighted by atomic mass is 14.8. The SMILES string of the molecule is C1=CC2=C3C(=CC=C4C=C(c5cccc(-c6ccc(-c7nc8ccccc8c8ccccc78)nc6)c5)C=C(C=C2)C43)C1. The molecule has 0 fully saturated rings. The molecule has 9 rings (SSSR count). The van der Waals surface area contributed by atoms with Gasteiger partial charge in [-0.25, -0.2) is 4.98 Å². The van der Waals surface area contributed by atoms with E-state index in [9.17, 15) is 0 Å². The molecule has 2 nitrogen and oxygen atoms in total. The lowest BCUT2D eigenvalue weighted by Gasteiger charge is -2.36. The molecule has 0 aliphatic heterocycles. The van der Waals surface area contributed by atoms with Gasteiger partial charge in [0.1, 0.15) is 0 Å². The van der Waals surface area contributed by atoms with Crippen LogP contribution in [0.25, 0.3) is 49.8 Å². The Morgan fingerprint density at radius 2 is 1.50 bits per heavy atom. The highest BCUT2D eigenvalue weighted by Gasteiger charge is 2.33. The summed E-state index contributed by atoms with van der Waals surface area (Å²) >= 11 is 0. The zero-order chi connectivity index (χ0) is 27.6. The van der Waals surface area contributed by atoms with Gasteiger partial charge in [0.2, 0.25) is 0 Å².